The van der Waals surface area contributed by atoms with Crippen molar-refractivity contribution in [1.82, 2.24) is 0 Å². The third-order valence-electron chi connectivity index (χ3n) is 11.4. The van der Waals surface area contributed by atoms with Gasteiger partial charge in [0.15, 0.2) is 13.6 Å². The van der Waals surface area contributed by atoms with E-state index < -0.39 is 0 Å². The van der Waals surface area contributed by atoms with Gasteiger partial charge in [-0.3, -0.25) is 0 Å². The van der Waals surface area contributed by atoms with Gasteiger partial charge in [0.2, 0.25) is 0 Å². The summed E-state index contributed by atoms with van der Waals surface area (Å²) in [5.41, 5.74) is 5.53. The van der Waals surface area contributed by atoms with Gasteiger partial charge in [-0.1, -0.05) is 78.6 Å². The molecule has 0 amide bonds. The van der Waals surface area contributed by atoms with Gasteiger partial charge in [-0.25, -0.2) is 0 Å². The van der Waals surface area contributed by atoms with E-state index in [0.29, 0.717) is 49.5 Å². The first-order valence-electron chi connectivity index (χ1n) is 17.3. The van der Waals surface area contributed by atoms with Crippen LogP contribution in [-0.2, 0) is 35.7 Å². The zero-order valence-electron chi connectivity index (χ0n) is 27.6. The minimum Gasteiger partial charge on any atom is -0.467 e. The SMILES string of the molecule is CC(C)[C@@H]1CC[C@@H](C)C[C@H]1OCOc1cccc2c1C[N+]1(C2)Cc2cccc(OCO[C@@H]3C[C@H](C)CC[C@H]3C(C)C)c2C1. The minimum atomic E-state index is 0.298. The molecule has 5 heteroatoms. The van der Waals surface area contributed by atoms with Crippen LogP contribution in [0, 0.1) is 35.5 Å². The highest BCUT2D eigenvalue weighted by atomic mass is 16.7. The van der Waals surface area contributed by atoms with Crippen LogP contribution < -0.4 is 9.47 Å². The van der Waals surface area contributed by atoms with Crippen LogP contribution >= 0.6 is 0 Å². The Hall–Kier alpha value is -2.08. The average molecular weight is 591 g/mol. The molecule has 2 heterocycles. The first-order valence-corrected chi connectivity index (χ1v) is 17.3. The van der Waals surface area contributed by atoms with E-state index in [4.69, 9.17) is 18.9 Å². The maximum absolute atomic E-state index is 6.43. The molecule has 5 nitrogen and oxygen atoms in total. The highest BCUT2D eigenvalue weighted by Crippen LogP contribution is 2.45. The highest BCUT2D eigenvalue weighted by Gasteiger charge is 2.44. The van der Waals surface area contributed by atoms with Gasteiger partial charge in [-0.2, -0.15) is 0 Å². The molecule has 43 heavy (non-hydrogen) atoms. The van der Waals surface area contributed by atoms with E-state index in [1.165, 1.54) is 47.9 Å². The quantitative estimate of drug-likeness (QED) is 0.205. The van der Waals surface area contributed by atoms with E-state index in [-0.39, 0.29) is 0 Å². The molecule has 0 saturated heterocycles. The van der Waals surface area contributed by atoms with Gasteiger partial charge in [0.1, 0.15) is 37.7 Å². The fraction of sp³-hybridized carbons (Fsp3) is 0.684. The third kappa shape index (κ3) is 6.79. The molecule has 2 saturated carbocycles. The second-order valence-electron chi connectivity index (χ2n) is 15.3. The molecule has 0 radical (unpaired) electrons. The van der Waals surface area contributed by atoms with Crippen molar-refractivity contribution < 1.29 is 23.4 Å². The molecule has 0 bridgehead atoms. The summed E-state index contributed by atoms with van der Waals surface area (Å²) in [6, 6.07) is 13.2. The lowest BCUT2D eigenvalue weighted by atomic mass is 9.75. The Morgan fingerprint density at radius 1 is 0.628 bits per heavy atom. The molecule has 0 unspecified atom stereocenters. The lowest BCUT2D eigenvalue weighted by Crippen LogP contribution is -2.36. The van der Waals surface area contributed by atoms with Crippen LogP contribution in [0.3, 0.4) is 0 Å². The summed E-state index contributed by atoms with van der Waals surface area (Å²) < 4.78 is 26.6. The third-order valence-corrected chi connectivity index (χ3v) is 11.4. The number of hydrogen-bond acceptors (Lipinski definition) is 4. The van der Waals surface area contributed by atoms with Crippen molar-refractivity contribution in [3.8, 4) is 11.5 Å². The largest absolute Gasteiger partial charge is 0.467 e. The van der Waals surface area contributed by atoms with Crippen molar-refractivity contribution in [2.45, 2.75) is 118 Å². The van der Waals surface area contributed by atoms with Crippen molar-refractivity contribution >= 4 is 0 Å². The van der Waals surface area contributed by atoms with Gasteiger partial charge < -0.3 is 23.4 Å². The number of quaternary nitrogens is 1. The fourth-order valence-corrected chi connectivity index (χ4v) is 8.86. The number of nitrogens with zero attached hydrogens (tertiary/aromatic N) is 1. The Morgan fingerprint density at radius 2 is 1.07 bits per heavy atom. The maximum atomic E-state index is 6.43. The van der Waals surface area contributed by atoms with E-state index in [0.717, 1.165) is 66.8 Å². The summed E-state index contributed by atoms with van der Waals surface area (Å²) in [6.45, 7) is 18.8. The van der Waals surface area contributed by atoms with Crippen LogP contribution in [0.1, 0.15) is 102 Å². The van der Waals surface area contributed by atoms with Gasteiger partial charge >= 0.3 is 0 Å². The Morgan fingerprint density at radius 3 is 1.49 bits per heavy atom. The van der Waals surface area contributed by atoms with Gasteiger partial charge in [0.25, 0.3) is 0 Å². The molecule has 4 aliphatic rings. The molecular formula is C38H56NO4+. The Bertz CT molecular complexity index is 1140. The summed E-state index contributed by atoms with van der Waals surface area (Å²) in [5.74, 6) is 6.01. The molecule has 2 aliphatic carbocycles. The smallest absolute Gasteiger partial charge is 0.189 e. The van der Waals surface area contributed by atoms with Crippen molar-refractivity contribution in [3.05, 3.63) is 58.7 Å². The number of rotatable bonds is 10. The van der Waals surface area contributed by atoms with E-state index in [1.54, 1.807) is 0 Å². The summed E-state index contributed by atoms with van der Waals surface area (Å²) in [6.07, 6.45) is 8.05. The van der Waals surface area contributed by atoms with E-state index in [1.807, 2.05) is 0 Å². The van der Waals surface area contributed by atoms with Crippen LogP contribution in [0.25, 0.3) is 0 Å². The number of benzene rings is 2. The molecule has 2 aliphatic heterocycles. The van der Waals surface area contributed by atoms with Crippen molar-refractivity contribution in [3.63, 3.8) is 0 Å². The summed E-state index contributed by atoms with van der Waals surface area (Å²) >= 11 is 0. The number of fused-ring (bicyclic) bond motifs is 2. The lowest BCUT2D eigenvalue weighted by Gasteiger charge is -2.37. The first kappa shape index (κ1) is 30.9. The van der Waals surface area contributed by atoms with Gasteiger partial charge in [-0.05, 0) is 73.3 Å². The standard InChI is InChI=1S/C38H56NO4/c1-25(2)31-15-13-27(5)17-37(31)42-23-40-35-11-7-9-29-19-39(21-33(29)35)20-30-10-8-12-36(34(30)22-39)41-24-43-38-18-28(6)14-16-32(38)26(3)4/h7-12,25-28,31-32,37-38H,13-24H2,1-6H3/q+1/t27-,28-,31+,32+,37-,38-,39?/m1/s1. The topological polar surface area (TPSA) is 36.9 Å². The highest BCUT2D eigenvalue weighted by molar-refractivity contribution is 5.44. The summed E-state index contributed by atoms with van der Waals surface area (Å²) in [7, 11) is 0. The summed E-state index contributed by atoms with van der Waals surface area (Å²) in [5, 5.41) is 0. The molecule has 0 N–H and O–H groups in total. The normalized spacial score (nSPS) is 29.7. The molecular weight excluding hydrogens is 534 g/mol. The summed E-state index contributed by atoms with van der Waals surface area (Å²) in [4.78, 5) is 0. The molecule has 236 valence electrons. The average Bonchev–Trinajstić information content (AvgIpc) is 3.52. The maximum Gasteiger partial charge on any atom is 0.189 e. The van der Waals surface area contributed by atoms with Gasteiger partial charge in [0, 0.05) is 11.1 Å². The number of hydrogen-bond donors (Lipinski definition) is 0. The van der Waals surface area contributed by atoms with Crippen LogP contribution in [-0.4, -0.2) is 30.3 Å². The van der Waals surface area contributed by atoms with Crippen LogP contribution in [0.5, 0.6) is 11.5 Å². The predicted molar refractivity (Wildman–Crippen MR) is 171 cm³/mol. The molecule has 6 rings (SSSR count). The number of ether oxygens (including phenoxy) is 4. The minimum absolute atomic E-state index is 0.298. The van der Waals surface area contributed by atoms with Gasteiger partial charge in [0.05, 0.1) is 23.3 Å². The zero-order valence-corrected chi connectivity index (χ0v) is 27.6. The molecule has 2 aromatic rings. The molecule has 0 aromatic heterocycles. The second-order valence-corrected chi connectivity index (χ2v) is 15.3. The van der Waals surface area contributed by atoms with Crippen molar-refractivity contribution in [1.29, 1.82) is 0 Å². The van der Waals surface area contributed by atoms with E-state index in [2.05, 4.69) is 77.9 Å². The van der Waals surface area contributed by atoms with Crippen LogP contribution in [0.15, 0.2) is 36.4 Å². The second kappa shape index (κ2) is 13.1. The van der Waals surface area contributed by atoms with E-state index in [9.17, 15) is 0 Å². The Labute approximate surface area is 260 Å². The predicted octanol–water partition coefficient (Wildman–Crippen LogP) is 8.86. The molecule has 1 spiro atoms. The molecule has 6 atom stereocenters. The molecule has 2 aromatic carbocycles. The van der Waals surface area contributed by atoms with Gasteiger partial charge in [-0.15, -0.1) is 0 Å². The van der Waals surface area contributed by atoms with Crippen LogP contribution in [0.4, 0.5) is 0 Å². The van der Waals surface area contributed by atoms with Crippen molar-refractivity contribution in [2.24, 2.45) is 35.5 Å². The van der Waals surface area contributed by atoms with Crippen molar-refractivity contribution in [2.75, 3.05) is 13.6 Å². The van der Waals surface area contributed by atoms with Crippen LogP contribution in [0.2, 0.25) is 0 Å². The van der Waals surface area contributed by atoms with E-state index >= 15 is 0 Å². The zero-order chi connectivity index (χ0) is 30.1. The lowest BCUT2D eigenvalue weighted by molar-refractivity contribution is -0.966. The Balaban J connectivity index is 1.07. The Kier molecular flexibility index (Phi) is 9.43. The fourth-order valence-electron chi connectivity index (χ4n) is 8.86. The monoisotopic (exact) mass is 590 g/mol. The first-order chi connectivity index (χ1) is 20.7. The molecule has 2 fully saturated rings.